The van der Waals surface area contributed by atoms with Gasteiger partial charge < -0.3 is 10.1 Å². The highest BCUT2D eigenvalue weighted by Crippen LogP contribution is 2.18. The Kier molecular flexibility index (Phi) is 4.82. The third-order valence-electron chi connectivity index (χ3n) is 3.44. The van der Waals surface area contributed by atoms with Crippen LogP contribution in [0.1, 0.15) is 24.2 Å². The van der Waals surface area contributed by atoms with Gasteiger partial charge in [0.25, 0.3) is 0 Å². The molecule has 0 radical (unpaired) electrons. The summed E-state index contributed by atoms with van der Waals surface area (Å²) in [6, 6.07) is 0. The molecule has 2 rings (SSSR count). The van der Waals surface area contributed by atoms with Crippen LogP contribution in [-0.2, 0) is 16.1 Å². The van der Waals surface area contributed by atoms with Crippen LogP contribution in [-0.4, -0.2) is 35.4 Å². The molecule has 1 aromatic heterocycles. The van der Waals surface area contributed by atoms with Crippen LogP contribution in [0.15, 0.2) is 0 Å². The molecule has 0 unspecified atom stereocenters. The van der Waals surface area contributed by atoms with Gasteiger partial charge in [-0.25, -0.2) is 0 Å². The Morgan fingerprint density at radius 2 is 2.37 bits per heavy atom. The van der Waals surface area contributed by atoms with Crippen molar-refractivity contribution in [2.45, 2.75) is 33.2 Å². The maximum absolute atomic E-state index is 11.7. The minimum Gasteiger partial charge on any atom is -0.381 e. The van der Waals surface area contributed by atoms with Gasteiger partial charge in [-0.1, -0.05) is 11.6 Å². The largest absolute Gasteiger partial charge is 0.381 e. The number of nitrogens with one attached hydrogen (secondary N) is 1. The molecule has 0 saturated carbocycles. The van der Waals surface area contributed by atoms with Crippen molar-refractivity contribution >= 4 is 17.5 Å². The molecule has 106 valence electrons. The minimum absolute atomic E-state index is 0.0307. The van der Waals surface area contributed by atoms with Crippen LogP contribution in [0.25, 0.3) is 0 Å². The van der Waals surface area contributed by atoms with Crippen LogP contribution in [0.5, 0.6) is 0 Å². The highest BCUT2D eigenvalue weighted by Gasteiger charge is 2.22. The lowest BCUT2D eigenvalue weighted by Crippen LogP contribution is -2.32. The second kappa shape index (κ2) is 6.39. The number of carbonyl (C=O) groups is 1. The van der Waals surface area contributed by atoms with Gasteiger partial charge in [-0.2, -0.15) is 5.10 Å². The van der Waals surface area contributed by atoms with E-state index in [-0.39, 0.29) is 11.8 Å². The normalized spacial score (nSPS) is 18.8. The fourth-order valence-electron chi connectivity index (χ4n) is 2.22. The van der Waals surface area contributed by atoms with Gasteiger partial charge in [-0.15, -0.1) is 0 Å². The zero-order valence-corrected chi connectivity index (χ0v) is 12.2. The summed E-state index contributed by atoms with van der Waals surface area (Å²) in [6.45, 7) is 6.53. The predicted molar refractivity (Wildman–Crippen MR) is 73.3 cm³/mol. The van der Waals surface area contributed by atoms with Crippen LogP contribution in [0.4, 0.5) is 0 Å². The van der Waals surface area contributed by atoms with Crippen molar-refractivity contribution in [2.75, 3.05) is 19.8 Å². The molecule has 1 fully saturated rings. The van der Waals surface area contributed by atoms with Gasteiger partial charge in [0.1, 0.15) is 0 Å². The maximum Gasteiger partial charge on any atom is 0.225 e. The summed E-state index contributed by atoms with van der Waals surface area (Å²) in [7, 11) is 0. The van der Waals surface area contributed by atoms with E-state index in [0.29, 0.717) is 19.8 Å². The van der Waals surface area contributed by atoms with Gasteiger partial charge in [-0.3, -0.25) is 9.48 Å². The molecule has 1 saturated heterocycles. The molecule has 5 nitrogen and oxygen atoms in total. The number of aryl methyl sites for hydroxylation is 2. The maximum atomic E-state index is 11.7. The third-order valence-corrected chi connectivity index (χ3v) is 3.99. The molecule has 19 heavy (non-hydrogen) atoms. The van der Waals surface area contributed by atoms with Crippen LogP contribution < -0.4 is 5.32 Å². The number of rotatable bonds is 5. The Morgan fingerprint density at radius 1 is 1.58 bits per heavy atom. The first-order valence-corrected chi connectivity index (χ1v) is 7.02. The van der Waals surface area contributed by atoms with Gasteiger partial charge in [0, 0.05) is 19.7 Å². The first kappa shape index (κ1) is 14.3. The predicted octanol–water partition coefficient (Wildman–Crippen LogP) is 1.70. The van der Waals surface area contributed by atoms with Crippen molar-refractivity contribution in [1.82, 2.24) is 15.1 Å². The number of hydrogen-bond acceptors (Lipinski definition) is 3. The van der Waals surface area contributed by atoms with Gasteiger partial charge in [0.2, 0.25) is 5.91 Å². The van der Waals surface area contributed by atoms with E-state index in [0.717, 1.165) is 35.8 Å². The zero-order chi connectivity index (χ0) is 13.8. The van der Waals surface area contributed by atoms with E-state index in [1.807, 2.05) is 18.5 Å². The molecule has 6 heteroatoms. The molecular weight excluding hydrogens is 266 g/mol. The average Bonchev–Trinajstić information content (AvgIpc) is 3.00. The number of nitrogens with zero attached hydrogens (tertiary/aromatic N) is 2. The molecule has 0 spiro atoms. The van der Waals surface area contributed by atoms with E-state index < -0.39 is 0 Å². The molecule has 1 atom stereocenters. The highest BCUT2D eigenvalue weighted by atomic mass is 35.5. The van der Waals surface area contributed by atoms with Gasteiger partial charge in [-0.05, 0) is 26.7 Å². The molecule has 0 bridgehead atoms. The van der Waals surface area contributed by atoms with Crippen molar-refractivity contribution in [1.29, 1.82) is 0 Å². The number of halogens is 1. The molecule has 1 aromatic rings. The second-order valence-corrected chi connectivity index (χ2v) is 5.29. The first-order valence-electron chi connectivity index (χ1n) is 6.64. The Balaban J connectivity index is 1.71. The number of carbonyl (C=O) groups excluding carboxylic acids is 1. The first-order chi connectivity index (χ1) is 9.09. The van der Waals surface area contributed by atoms with Crippen LogP contribution in [0.2, 0.25) is 5.02 Å². The fraction of sp³-hybridized carbons (Fsp3) is 0.692. The van der Waals surface area contributed by atoms with E-state index in [1.165, 1.54) is 0 Å². The van der Waals surface area contributed by atoms with Crippen molar-refractivity contribution in [2.24, 2.45) is 5.92 Å². The Morgan fingerprint density at radius 3 is 2.95 bits per heavy atom. The topological polar surface area (TPSA) is 56.2 Å². The molecule has 1 amide bonds. The van der Waals surface area contributed by atoms with E-state index in [9.17, 15) is 4.79 Å². The molecule has 0 aliphatic carbocycles. The molecular formula is C13H20ClN3O2. The summed E-state index contributed by atoms with van der Waals surface area (Å²) in [5.41, 5.74) is 1.83. The summed E-state index contributed by atoms with van der Waals surface area (Å²) >= 11 is 6.08. The zero-order valence-electron chi connectivity index (χ0n) is 11.4. The van der Waals surface area contributed by atoms with Crippen molar-refractivity contribution < 1.29 is 9.53 Å². The number of amides is 1. The van der Waals surface area contributed by atoms with Crippen molar-refractivity contribution in [3.8, 4) is 0 Å². The van der Waals surface area contributed by atoms with Crippen LogP contribution in [0, 0.1) is 19.8 Å². The van der Waals surface area contributed by atoms with Crippen molar-refractivity contribution in [3.63, 3.8) is 0 Å². The van der Waals surface area contributed by atoms with Crippen LogP contribution >= 0.6 is 11.6 Å². The number of ether oxygens (including phenoxy) is 1. The highest BCUT2D eigenvalue weighted by molar-refractivity contribution is 6.31. The molecule has 2 heterocycles. The summed E-state index contributed by atoms with van der Waals surface area (Å²) in [5, 5.41) is 8.03. The molecule has 1 aliphatic rings. The quantitative estimate of drug-likeness (QED) is 0.838. The third kappa shape index (κ3) is 3.48. The smallest absolute Gasteiger partial charge is 0.225 e. The second-order valence-electron chi connectivity index (χ2n) is 4.91. The summed E-state index contributed by atoms with van der Waals surface area (Å²) in [6.07, 6.45) is 1.68. The lowest BCUT2D eigenvalue weighted by molar-refractivity contribution is -0.124. The summed E-state index contributed by atoms with van der Waals surface area (Å²) in [5.74, 6) is 0.132. The standard InChI is InChI=1S/C13H20ClN3O2/c1-9-12(14)10(2)17(16-9)6-3-5-15-13(18)11-4-7-19-8-11/h11H,3-8H2,1-2H3,(H,15,18)/t11-/m0/s1. The molecule has 1 aliphatic heterocycles. The lowest BCUT2D eigenvalue weighted by atomic mass is 10.1. The SMILES string of the molecule is Cc1nn(CCCNC(=O)[C@H]2CCOC2)c(C)c1Cl. The van der Waals surface area contributed by atoms with Crippen molar-refractivity contribution in [3.05, 3.63) is 16.4 Å². The average molecular weight is 286 g/mol. The van der Waals surface area contributed by atoms with E-state index >= 15 is 0 Å². The Bertz CT molecular complexity index is 453. The molecule has 1 N–H and O–H groups in total. The van der Waals surface area contributed by atoms with Crippen LogP contribution in [0.3, 0.4) is 0 Å². The van der Waals surface area contributed by atoms with Gasteiger partial charge >= 0.3 is 0 Å². The van der Waals surface area contributed by atoms with E-state index in [4.69, 9.17) is 16.3 Å². The number of hydrogen-bond donors (Lipinski definition) is 1. The Labute approximate surface area is 118 Å². The summed E-state index contributed by atoms with van der Waals surface area (Å²) < 4.78 is 7.09. The van der Waals surface area contributed by atoms with Gasteiger partial charge in [0.15, 0.2) is 0 Å². The van der Waals surface area contributed by atoms with E-state index in [2.05, 4.69) is 10.4 Å². The Hall–Kier alpha value is -1.07. The van der Waals surface area contributed by atoms with E-state index in [1.54, 1.807) is 0 Å². The minimum atomic E-state index is 0.0307. The lowest BCUT2D eigenvalue weighted by Gasteiger charge is -2.09. The number of aromatic nitrogens is 2. The fourth-order valence-corrected chi connectivity index (χ4v) is 2.35. The monoisotopic (exact) mass is 285 g/mol. The summed E-state index contributed by atoms with van der Waals surface area (Å²) in [4.78, 5) is 11.7. The molecule has 0 aromatic carbocycles. The van der Waals surface area contributed by atoms with Gasteiger partial charge in [0.05, 0.1) is 28.9 Å².